The molecule has 0 amide bonds. The summed E-state index contributed by atoms with van der Waals surface area (Å²) in [6.07, 6.45) is 1.39. The molecule has 0 spiro atoms. The topological polar surface area (TPSA) is 29.5 Å². The number of aliphatic hydroxyl groups is 1. The van der Waals surface area contributed by atoms with Crippen LogP contribution in [0.1, 0.15) is 45.7 Å². The van der Waals surface area contributed by atoms with Gasteiger partial charge >= 0.3 is 0 Å². The quantitative estimate of drug-likeness (QED) is 0.909. The van der Waals surface area contributed by atoms with E-state index in [1.54, 1.807) is 11.3 Å². The Kier molecular flexibility index (Phi) is 3.81. The van der Waals surface area contributed by atoms with Crippen LogP contribution in [0.5, 0.6) is 5.75 Å². The molecule has 0 aliphatic carbocycles. The number of para-hydroxylation sites is 1. The molecule has 2 unspecified atom stereocenters. The van der Waals surface area contributed by atoms with Crippen LogP contribution in [0, 0.1) is 13.8 Å². The van der Waals surface area contributed by atoms with Gasteiger partial charge in [-0.2, -0.15) is 0 Å². The third-order valence-corrected chi connectivity index (χ3v) is 5.36. The highest BCUT2D eigenvalue weighted by Crippen LogP contribution is 2.40. The van der Waals surface area contributed by atoms with Gasteiger partial charge in [0.25, 0.3) is 0 Å². The van der Waals surface area contributed by atoms with Crippen molar-refractivity contribution in [2.75, 3.05) is 6.61 Å². The third kappa shape index (κ3) is 2.60. The molecule has 1 aromatic carbocycles. The summed E-state index contributed by atoms with van der Waals surface area (Å²) in [4.78, 5) is 2.38. The zero-order chi connectivity index (χ0) is 14.1. The summed E-state index contributed by atoms with van der Waals surface area (Å²) in [7, 11) is 0. The summed E-state index contributed by atoms with van der Waals surface area (Å²) in [5, 5.41) is 10.5. The van der Waals surface area contributed by atoms with Gasteiger partial charge in [-0.05, 0) is 55.9 Å². The minimum atomic E-state index is -0.372. The molecule has 3 heteroatoms. The maximum absolute atomic E-state index is 10.5. The van der Waals surface area contributed by atoms with E-state index in [1.165, 1.54) is 16.0 Å². The Bertz CT molecular complexity index is 583. The molecule has 2 aromatic rings. The molecule has 106 valence electrons. The molecule has 0 saturated carbocycles. The Morgan fingerprint density at radius 3 is 2.90 bits per heavy atom. The maximum atomic E-state index is 10.5. The lowest BCUT2D eigenvalue weighted by Crippen LogP contribution is -2.16. The molecular weight excluding hydrogens is 268 g/mol. The van der Waals surface area contributed by atoms with E-state index >= 15 is 0 Å². The van der Waals surface area contributed by atoms with Crippen molar-refractivity contribution < 1.29 is 9.84 Å². The predicted octanol–water partition coefficient (Wildman–Crippen LogP) is 4.35. The number of hydrogen-bond acceptors (Lipinski definition) is 3. The second kappa shape index (κ2) is 5.58. The predicted molar refractivity (Wildman–Crippen MR) is 82.7 cm³/mol. The van der Waals surface area contributed by atoms with Crippen LogP contribution in [0.4, 0.5) is 0 Å². The van der Waals surface area contributed by atoms with Crippen molar-refractivity contribution in [1.29, 1.82) is 0 Å². The fraction of sp³-hybridized carbons (Fsp3) is 0.412. The van der Waals surface area contributed by atoms with Crippen LogP contribution in [0.2, 0.25) is 0 Å². The van der Waals surface area contributed by atoms with Crippen molar-refractivity contribution in [3.63, 3.8) is 0 Å². The molecule has 0 fully saturated rings. The van der Waals surface area contributed by atoms with Gasteiger partial charge in [0.15, 0.2) is 0 Å². The van der Waals surface area contributed by atoms with Crippen LogP contribution >= 0.6 is 11.3 Å². The van der Waals surface area contributed by atoms with Gasteiger partial charge in [0.2, 0.25) is 0 Å². The molecule has 1 N–H and O–H groups in total. The highest BCUT2D eigenvalue weighted by molar-refractivity contribution is 7.12. The summed E-state index contributed by atoms with van der Waals surface area (Å²) in [6.45, 7) is 4.96. The van der Waals surface area contributed by atoms with Crippen molar-refractivity contribution in [1.82, 2.24) is 0 Å². The molecule has 3 rings (SSSR count). The number of benzene rings is 1. The second-order valence-electron chi connectivity index (χ2n) is 5.51. The Labute approximate surface area is 124 Å². The van der Waals surface area contributed by atoms with Gasteiger partial charge in [-0.1, -0.05) is 18.2 Å². The largest absolute Gasteiger partial charge is 0.493 e. The Morgan fingerprint density at radius 2 is 2.15 bits per heavy atom. The van der Waals surface area contributed by atoms with Gasteiger partial charge in [-0.25, -0.2) is 0 Å². The van der Waals surface area contributed by atoms with E-state index in [2.05, 4.69) is 26.0 Å². The number of hydrogen-bond donors (Lipinski definition) is 1. The third-order valence-electron chi connectivity index (χ3n) is 4.10. The molecule has 1 aliphatic rings. The summed E-state index contributed by atoms with van der Waals surface area (Å²) >= 11 is 1.71. The van der Waals surface area contributed by atoms with Crippen LogP contribution in [-0.2, 0) is 0 Å². The first-order valence-electron chi connectivity index (χ1n) is 7.12. The molecule has 0 saturated heterocycles. The summed E-state index contributed by atoms with van der Waals surface area (Å²) in [5.41, 5.74) is 2.51. The molecule has 2 heterocycles. The number of ether oxygens (including phenoxy) is 1. The van der Waals surface area contributed by atoms with Crippen molar-refractivity contribution in [2.45, 2.75) is 38.7 Å². The minimum Gasteiger partial charge on any atom is -0.493 e. The average Bonchev–Trinajstić information content (AvgIpc) is 2.79. The number of aryl methyl sites for hydroxylation is 2. The molecule has 0 bridgehead atoms. The van der Waals surface area contributed by atoms with Gasteiger partial charge < -0.3 is 9.84 Å². The molecule has 20 heavy (non-hydrogen) atoms. The zero-order valence-corrected chi connectivity index (χ0v) is 12.7. The highest BCUT2D eigenvalue weighted by atomic mass is 32.1. The normalized spacial score (nSPS) is 19.2. The second-order valence-corrected chi connectivity index (χ2v) is 6.80. The molecule has 1 aliphatic heterocycles. The van der Waals surface area contributed by atoms with Crippen LogP contribution in [0.25, 0.3) is 0 Å². The van der Waals surface area contributed by atoms with Gasteiger partial charge in [0.05, 0.1) is 12.7 Å². The molecule has 0 radical (unpaired) electrons. The van der Waals surface area contributed by atoms with Crippen LogP contribution in [0.3, 0.4) is 0 Å². The number of fused-ring (bicyclic) bond motifs is 1. The van der Waals surface area contributed by atoms with E-state index < -0.39 is 0 Å². The molecule has 1 aromatic heterocycles. The van der Waals surface area contributed by atoms with Gasteiger partial charge in [0.1, 0.15) is 5.75 Å². The van der Waals surface area contributed by atoms with Crippen LogP contribution in [-0.4, -0.2) is 11.7 Å². The molecule has 2 nitrogen and oxygen atoms in total. The van der Waals surface area contributed by atoms with E-state index in [0.717, 1.165) is 30.1 Å². The van der Waals surface area contributed by atoms with E-state index in [0.29, 0.717) is 5.92 Å². The lowest BCUT2D eigenvalue weighted by Gasteiger charge is -2.27. The molecule has 2 atom stereocenters. The SMILES string of the molecule is Cc1cc(C(O)CC2CCOc3ccccc32)sc1C. The number of thiophene rings is 1. The number of rotatable bonds is 3. The zero-order valence-electron chi connectivity index (χ0n) is 11.9. The van der Waals surface area contributed by atoms with Crippen molar-refractivity contribution in [3.05, 3.63) is 51.2 Å². The average molecular weight is 288 g/mol. The van der Waals surface area contributed by atoms with E-state index in [1.807, 2.05) is 18.2 Å². The summed E-state index contributed by atoms with van der Waals surface area (Å²) in [5.74, 6) is 1.37. The Hall–Kier alpha value is -1.32. The lowest BCUT2D eigenvalue weighted by atomic mass is 9.88. The van der Waals surface area contributed by atoms with Crippen molar-refractivity contribution in [3.8, 4) is 5.75 Å². The summed E-state index contributed by atoms with van der Waals surface area (Å²) in [6, 6.07) is 10.3. The van der Waals surface area contributed by atoms with E-state index in [4.69, 9.17) is 4.74 Å². The Morgan fingerprint density at radius 1 is 1.35 bits per heavy atom. The van der Waals surface area contributed by atoms with Gasteiger partial charge in [-0.15, -0.1) is 11.3 Å². The summed E-state index contributed by atoms with van der Waals surface area (Å²) < 4.78 is 5.69. The number of aliphatic hydroxyl groups excluding tert-OH is 1. The first kappa shape index (κ1) is 13.7. The van der Waals surface area contributed by atoms with Gasteiger partial charge in [0, 0.05) is 9.75 Å². The fourth-order valence-electron chi connectivity index (χ4n) is 2.81. The van der Waals surface area contributed by atoms with Crippen molar-refractivity contribution in [2.24, 2.45) is 0 Å². The fourth-order valence-corrected chi connectivity index (χ4v) is 3.85. The monoisotopic (exact) mass is 288 g/mol. The highest BCUT2D eigenvalue weighted by Gasteiger charge is 2.25. The van der Waals surface area contributed by atoms with Crippen LogP contribution < -0.4 is 4.74 Å². The first-order valence-corrected chi connectivity index (χ1v) is 7.93. The first-order chi connectivity index (χ1) is 9.65. The minimum absolute atomic E-state index is 0.372. The Balaban J connectivity index is 1.78. The smallest absolute Gasteiger partial charge is 0.122 e. The van der Waals surface area contributed by atoms with E-state index in [9.17, 15) is 5.11 Å². The molecular formula is C17H20O2S. The van der Waals surface area contributed by atoms with E-state index in [-0.39, 0.29) is 6.10 Å². The lowest BCUT2D eigenvalue weighted by molar-refractivity contribution is 0.148. The van der Waals surface area contributed by atoms with Crippen molar-refractivity contribution >= 4 is 11.3 Å². The standard InChI is InChI=1S/C17H20O2S/c1-11-9-17(20-12(11)2)15(18)10-13-7-8-19-16-6-4-3-5-14(13)16/h3-6,9,13,15,18H,7-8,10H2,1-2H3. The van der Waals surface area contributed by atoms with Gasteiger partial charge in [-0.3, -0.25) is 0 Å². The van der Waals surface area contributed by atoms with Crippen LogP contribution in [0.15, 0.2) is 30.3 Å². The maximum Gasteiger partial charge on any atom is 0.122 e.